The maximum atomic E-state index is 12.9. The molecule has 0 aliphatic heterocycles. The van der Waals surface area contributed by atoms with E-state index < -0.39 is 6.10 Å². The lowest BCUT2D eigenvalue weighted by molar-refractivity contribution is -0.167. The van der Waals surface area contributed by atoms with Crippen molar-refractivity contribution in [1.82, 2.24) is 0 Å². The van der Waals surface area contributed by atoms with Gasteiger partial charge in [0.05, 0.1) is 0 Å². The van der Waals surface area contributed by atoms with Gasteiger partial charge in [0.25, 0.3) is 0 Å². The molecule has 81 heavy (non-hydrogen) atoms. The van der Waals surface area contributed by atoms with Crippen molar-refractivity contribution in [2.45, 2.75) is 297 Å². The second kappa shape index (κ2) is 67.8. The third-order valence-electron chi connectivity index (χ3n) is 13.8. The van der Waals surface area contributed by atoms with E-state index in [0.29, 0.717) is 19.3 Å². The van der Waals surface area contributed by atoms with Crippen LogP contribution in [0.15, 0.2) is 146 Å². The Bertz CT molecular complexity index is 1760. The van der Waals surface area contributed by atoms with Crippen LogP contribution in [0.25, 0.3) is 0 Å². The van der Waals surface area contributed by atoms with Crippen LogP contribution in [-0.2, 0) is 28.6 Å². The zero-order valence-corrected chi connectivity index (χ0v) is 52.5. The standard InChI is InChI=1S/C75H122O6/c1-4-7-10-13-16-19-22-25-28-31-33-35-36-37-38-40-41-44-47-50-53-56-59-62-65-68-74(77)80-71-72(70-79-73(76)67-64-61-58-55-52-49-46-43-30-27-24-21-18-15-12-9-6-3)81-75(78)69-66-63-60-57-54-51-48-45-42-39-34-32-29-26-23-20-17-14-11-8-5-2/h7,9-10,12,16,18-19,21,23,25-28,30,32-35,37-38,46,49,55,58,72H,4-6,8,11,13-15,17,20,22,24,29,31,36,39-45,47-48,50-54,56-57,59-71H2,1-3H3/b10-7-,12-9-,19-16-,21-18-,26-23-,28-25-,30-27-,34-32-,35-33-,38-37-,49-46-,58-55-. The fourth-order valence-corrected chi connectivity index (χ4v) is 8.89. The molecular formula is C75H122O6. The molecule has 458 valence electrons. The average molecular weight is 1120 g/mol. The molecule has 1 unspecified atom stereocenters. The lowest BCUT2D eigenvalue weighted by Gasteiger charge is -2.18. The summed E-state index contributed by atoms with van der Waals surface area (Å²) in [6.07, 6.45) is 97.1. The minimum Gasteiger partial charge on any atom is -0.462 e. The molecule has 0 saturated heterocycles. The number of hydrogen-bond acceptors (Lipinski definition) is 6. The fraction of sp³-hybridized carbons (Fsp3) is 0.640. The van der Waals surface area contributed by atoms with Crippen LogP contribution in [-0.4, -0.2) is 37.2 Å². The number of hydrogen-bond donors (Lipinski definition) is 0. The van der Waals surface area contributed by atoms with Crippen molar-refractivity contribution >= 4 is 17.9 Å². The van der Waals surface area contributed by atoms with Crippen LogP contribution >= 0.6 is 0 Å². The van der Waals surface area contributed by atoms with Gasteiger partial charge in [-0.2, -0.15) is 0 Å². The Morgan fingerprint density at radius 1 is 0.259 bits per heavy atom. The molecule has 0 aliphatic carbocycles. The van der Waals surface area contributed by atoms with Gasteiger partial charge in [-0.25, -0.2) is 0 Å². The molecule has 0 bridgehead atoms. The molecule has 0 aromatic carbocycles. The molecule has 6 nitrogen and oxygen atoms in total. The van der Waals surface area contributed by atoms with E-state index in [4.69, 9.17) is 14.2 Å². The normalized spacial score (nSPS) is 13.1. The Morgan fingerprint density at radius 2 is 0.494 bits per heavy atom. The van der Waals surface area contributed by atoms with E-state index in [1.165, 1.54) is 122 Å². The minimum atomic E-state index is -0.814. The summed E-state index contributed by atoms with van der Waals surface area (Å²) in [7, 11) is 0. The number of esters is 3. The number of rotatable bonds is 59. The first-order chi connectivity index (χ1) is 40.0. The third-order valence-corrected chi connectivity index (χ3v) is 13.8. The van der Waals surface area contributed by atoms with Crippen molar-refractivity contribution in [2.24, 2.45) is 0 Å². The Labute approximate surface area is 499 Å². The minimum absolute atomic E-state index is 0.105. The van der Waals surface area contributed by atoms with Gasteiger partial charge in [-0.1, -0.05) is 282 Å². The van der Waals surface area contributed by atoms with Crippen molar-refractivity contribution in [1.29, 1.82) is 0 Å². The maximum absolute atomic E-state index is 12.9. The number of carbonyl (C=O) groups is 3. The summed E-state index contributed by atoms with van der Waals surface area (Å²) in [5.41, 5.74) is 0. The molecule has 6 heteroatoms. The van der Waals surface area contributed by atoms with Crippen molar-refractivity contribution in [2.75, 3.05) is 13.2 Å². The molecule has 0 saturated carbocycles. The van der Waals surface area contributed by atoms with Crippen LogP contribution in [0.2, 0.25) is 0 Å². The second-order valence-corrected chi connectivity index (χ2v) is 21.6. The molecule has 1 atom stereocenters. The first-order valence-corrected chi connectivity index (χ1v) is 33.3. The van der Waals surface area contributed by atoms with E-state index in [9.17, 15) is 14.4 Å². The van der Waals surface area contributed by atoms with E-state index in [2.05, 4.69) is 167 Å². The monoisotopic (exact) mass is 1120 g/mol. The fourth-order valence-electron chi connectivity index (χ4n) is 8.89. The largest absolute Gasteiger partial charge is 0.462 e. The molecule has 0 amide bonds. The van der Waals surface area contributed by atoms with Crippen LogP contribution in [0.1, 0.15) is 290 Å². The molecular weight excluding hydrogens is 997 g/mol. The van der Waals surface area contributed by atoms with Gasteiger partial charge in [0, 0.05) is 19.3 Å². The summed E-state index contributed by atoms with van der Waals surface area (Å²) >= 11 is 0. The molecule has 0 radical (unpaired) electrons. The number of ether oxygens (including phenoxy) is 3. The predicted octanol–water partition coefficient (Wildman–Crippen LogP) is 23.1. The number of unbranched alkanes of at least 4 members (excludes halogenated alkanes) is 24. The zero-order valence-electron chi connectivity index (χ0n) is 52.5. The van der Waals surface area contributed by atoms with Gasteiger partial charge in [0.1, 0.15) is 13.2 Å². The highest BCUT2D eigenvalue weighted by Gasteiger charge is 2.19. The Morgan fingerprint density at radius 3 is 0.802 bits per heavy atom. The van der Waals surface area contributed by atoms with Gasteiger partial charge >= 0.3 is 17.9 Å². The van der Waals surface area contributed by atoms with Crippen LogP contribution in [0.4, 0.5) is 0 Å². The quantitative estimate of drug-likeness (QED) is 0.0261. The van der Waals surface area contributed by atoms with Gasteiger partial charge in [-0.15, -0.1) is 0 Å². The topological polar surface area (TPSA) is 78.9 Å². The average Bonchev–Trinajstić information content (AvgIpc) is 3.47. The highest BCUT2D eigenvalue weighted by molar-refractivity contribution is 5.71. The number of allylic oxidation sites excluding steroid dienone is 24. The van der Waals surface area contributed by atoms with Crippen molar-refractivity contribution in [3.8, 4) is 0 Å². The second-order valence-electron chi connectivity index (χ2n) is 21.6. The lowest BCUT2D eigenvalue weighted by Crippen LogP contribution is -2.30. The summed E-state index contributed by atoms with van der Waals surface area (Å²) < 4.78 is 16.9. The molecule has 0 heterocycles. The third kappa shape index (κ3) is 66.0. The van der Waals surface area contributed by atoms with E-state index in [1.54, 1.807) is 0 Å². The van der Waals surface area contributed by atoms with Gasteiger partial charge in [-0.05, 0) is 135 Å². The summed E-state index contributed by atoms with van der Waals surface area (Å²) in [5, 5.41) is 0. The van der Waals surface area contributed by atoms with Crippen molar-refractivity contribution in [3.05, 3.63) is 146 Å². The van der Waals surface area contributed by atoms with Gasteiger partial charge in [0.2, 0.25) is 0 Å². The van der Waals surface area contributed by atoms with Crippen LogP contribution in [0.5, 0.6) is 0 Å². The van der Waals surface area contributed by atoms with Gasteiger partial charge in [-0.3, -0.25) is 14.4 Å². The predicted molar refractivity (Wildman–Crippen MR) is 352 cm³/mol. The summed E-state index contributed by atoms with van der Waals surface area (Å²) in [4.78, 5) is 38.4. The Kier molecular flexibility index (Phi) is 63.9. The lowest BCUT2D eigenvalue weighted by atomic mass is 10.1. The summed E-state index contributed by atoms with van der Waals surface area (Å²) in [6.45, 7) is 6.36. The van der Waals surface area contributed by atoms with E-state index in [0.717, 1.165) is 122 Å². The van der Waals surface area contributed by atoms with E-state index in [1.807, 2.05) is 0 Å². The summed E-state index contributed by atoms with van der Waals surface area (Å²) in [5.74, 6) is -0.973. The van der Waals surface area contributed by atoms with Crippen LogP contribution < -0.4 is 0 Å². The first kappa shape index (κ1) is 76.3. The number of carbonyl (C=O) groups excluding carboxylic acids is 3. The van der Waals surface area contributed by atoms with Crippen LogP contribution in [0.3, 0.4) is 0 Å². The van der Waals surface area contributed by atoms with E-state index in [-0.39, 0.29) is 37.5 Å². The SMILES string of the molecule is CC/C=C\C/C=C\C/C=C\C/C=C\C/C=C\CCCCCCCCCCCC(=O)OCC(COC(=O)CCC/C=C\C/C=C\C/C=C\C/C=C\C/C=C\CC)OC(=O)CCCCCCCCCCC/C=C\C/C=C\CCCCCCC. The molecule has 0 aliphatic rings. The van der Waals surface area contributed by atoms with Gasteiger partial charge < -0.3 is 14.2 Å². The molecule has 0 spiro atoms. The Hall–Kier alpha value is -4.71. The first-order valence-electron chi connectivity index (χ1n) is 33.3. The molecule has 0 aromatic rings. The van der Waals surface area contributed by atoms with Crippen molar-refractivity contribution in [3.63, 3.8) is 0 Å². The van der Waals surface area contributed by atoms with Crippen molar-refractivity contribution < 1.29 is 28.6 Å². The smallest absolute Gasteiger partial charge is 0.306 e. The molecule has 0 rings (SSSR count). The highest BCUT2D eigenvalue weighted by atomic mass is 16.6. The maximum Gasteiger partial charge on any atom is 0.306 e. The summed E-state index contributed by atoms with van der Waals surface area (Å²) in [6, 6.07) is 0. The van der Waals surface area contributed by atoms with Crippen LogP contribution in [0, 0.1) is 0 Å². The van der Waals surface area contributed by atoms with Gasteiger partial charge in [0.15, 0.2) is 6.10 Å². The molecule has 0 N–H and O–H groups in total. The molecule has 0 fully saturated rings. The molecule has 0 aromatic heterocycles. The Balaban J connectivity index is 4.46. The van der Waals surface area contributed by atoms with E-state index >= 15 is 0 Å². The highest BCUT2D eigenvalue weighted by Crippen LogP contribution is 2.15. The zero-order chi connectivity index (χ0) is 58.5.